The van der Waals surface area contributed by atoms with Crippen molar-refractivity contribution in [2.24, 2.45) is 5.73 Å². The minimum absolute atomic E-state index is 0.196. The summed E-state index contributed by atoms with van der Waals surface area (Å²) < 4.78 is 13.4. The van der Waals surface area contributed by atoms with Crippen molar-refractivity contribution in [1.82, 2.24) is 4.90 Å². The average Bonchev–Trinajstić information content (AvgIpc) is 2.44. The van der Waals surface area contributed by atoms with Crippen LogP contribution in [0.15, 0.2) is 18.2 Å². The van der Waals surface area contributed by atoms with Crippen LogP contribution in [0.25, 0.3) is 0 Å². The van der Waals surface area contributed by atoms with Crippen molar-refractivity contribution in [2.75, 3.05) is 13.6 Å². The number of benzene rings is 1. The van der Waals surface area contributed by atoms with Crippen molar-refractivity contribution in [2.45, 2.75) is 32.7 Å². The molecule has 0 aromatic heterocycles. The highest BCUT2D eigenvalue weighted by Gasteiger charge is 2.27. The van der Waals surface area contributed by atoms with Gasteiger partial charge < -0.3 is 10.6 Å². The zero-order valence-corrected chi connectivity index (χ0v) is 12.5. The van der Waals surface area contributed by atoms with Gasteiger partial charge in [0.05, 0.1) is 12.1 Å². The molecular weight excluding hydrogens is 255 g/mol. The van der Waals surface area contributed by atoms with Crippen LogP contribution in [0.4, 0.5) is 4.39 Å². The third-order valence-corrected chi connectivity index (χ3v) is 3.61. The number of nitrogens with two attached hydrogens (primary N) is 1. The minimum atomic E-state index is -0.450. The normalized spacial score (nSPS) is 10.7. The molecule has 0 spiro atoms. The highest BCUT2D eigenvalue weighted by molar-refractivity contribution is 5.97. The first-order valence-corrected chi connectivity index (χ1v) is 6.60. The smallest absolute Gasteiger partial charge is 0.255 e. The van der Waals surface area contributed by atoms with Gasteiger partial charge in [-0.15, -0.1) is 0 Å². The van der Waals surface area contributed by atoms with Gasteiger partial charge in [0.2, 0.25) is 0 Å². The second kappa shape index (κ2) is 6.53. The van der Waals surface area contributed by atoms with Gasteiger partial charge in [0.25, 0.3) is 5.91 Å². The van der Waals surface area contributed by atoms with E-state index >= 15 is 0 Å². The molecule has 0 bridgehead atoms. The van der Waals surface area contributed by atoms with Crippen molar-refractivity contribution in [3.63, 3.8) is 0 Å². The summed E-state index contributed by atoms with van der Waals surface area (Å²) in [5, 5.41) is 0. The Kier molecular flexibility index (Phi) is 5.29. The fourth-order valence-electron chi connectivity index (χ4n) is 1.64. The summed E-state index contributed by atoms with van der Waals surface area (Å²) in [6.07, 6.45) is 0.800. The predicted octanol–water partition coefficient (Wildman–Crippen LogP) is 2.40. The molecule has 1 amide bonds. The molecule has 1 aromatic carbocycles. The maximum atomic E-state index is 13.4. The first-order chi connectivity index (χ1) is 9.33. The largest absolute Gasteiger partial charge is 0.337 e. The van der Waals surface area contributed by atoms with Crippen molar-refractivity contribution < 1.29 is 9.18 Å². The minimum Gasteiger partial charge on any atom is -0.337 e. The van der Waals surface area contributed by atoms with E-state index in [0.717, 1.165) is 6.42 Å². The van der Waals surface area contributed by atoms with Crippen LogP contribution in [0.2, 0.25) is 0 Å². The Morgan fingerprint density at radius 2 is 2.10 bits per heavy atom. The number of halogens is 1. The first kappa shape index (κ1) is 16.2. The molecule has 0 fully saturated rings. The Hall–Kier alpha value is -1.86. The van der Waals surface area contributed by atoms with Gasteiger partial charge in [-0.2, -0.15) is 0 Å². The second-order valence-corrected chi connectivity index (χ2v) is 5.23. The Balaban J connectivity index is 3.24. The number of nitrogens with zero attached hydrogens (tertiary/aromatic N) is 1. The van der Waals surface area contributed by atoms with E-state index < -0.39 is 5.82 Å². The van der Waals surface area contributed by atoms with E-state index in [0.29, 0.717) is 5.56 Å². The van der Waals surface area contributed by atoms with E-state index in [-0.39, 0.29) is 23.6 Å². The van der Waals surface area contributed by atoms with Crippen molar-refractivity contribution in [3.8, 4) is 11.8 Å². The number of hydrogen-bond acceptors (Lipinski definition) is 2. The van der Waals surface area contributed by atoms with E-state index in [4.69, 9.17) is 5.73 Å². The van der Waals surface area contributed by atoms with Crippen LogP contribution in [0, 0.1) is 17.7 Å². The van der Waals surface area contributed by atoms with Crippen LogP contribution in [0.5, 0.6) is 0 Å². The molecule has 20 heavy (non-hydrogen) atoms. The SMILES string of the molecule is CCC(C)(C)N(C)C(=O)c1cc(F)ccc1C#CCN. The molecule has 0 aliphatic heterocycles. The molecular formula is C16H21FN2O. The van der Waals surface area contributed by atoms with Crippen molar-refractivity contribution in [3.05, 3.63) is 35.1 Å². The monoisotopic (exact) mass is 276 g/mol. The lowest BCUT2D eigenvalue weighted by Crippen LogP contribution is -2.44. The van der Waals surface area contributed by atoms with E-state index in [2.05, 4.69) is 11.8 Å². The summed E-state index contributed by atoms with van der Waals surface area (Å²) in [6, 6.07) is 4.03. The zero-order chi connectivity index (χ0) is 15.3. The summed E-state index contributed by atoms with van der Waals surface area (Å²) in [6.45, 7) is 6.14. The number of carbonyl (C=O) groups is 1. The van der Waals surface area contributed by atoms with Gasteiger partial charge in [0.15, 0.2) is 0 Å². The lowest BCUT2D eigenvalue weighted by Gasteiger charge is -2.35. The molecule has 108 valence electrons. The zero-order valence-electron chi connectivity index (χ0n) is 12.5. The molecule has 4 heteroatoms. The summed E-state index contributed by atoms with van der Waals surface area (Å²) >= 11 is 0. The van der Waals surface area contributed by atoms with E-state index in [1.54, 1.807) is 11.9 Å². The van der Waals surface area contributed by atoms with Crippen LogP contribution >= 0.6 is 0 Å². The molecule has 0 aliphatic carbocycles. The Morgan fingerprint density at radius 3 is 2.65 bits per heavy atom. The van der Waals surface area contributed by atoms with Gasteiger partial charge >= 0.3 is 0 Å². The van der Waals surface area contributed by atoms with E-state index in [1.165, 1.54) is 18.2 Å². The van der Waals surface area contributed by atoms with Gasteiger partial charge in [-0.3, -0.25) is 4.79 Å². The third kappa shape index (κ3) is 3.58. The predicted molar refractivity (Wildman–Crippen MR) is 78.8 cm³/mol. The number of rotatable bonds is 3. The van der Waals surface area contributed by atoms with Crippen molar-refractivity contribution in [1.29, 1.82) is 0 Å². The standard InChI is InChI=1S/C16H21FN2O/c1-5-16(2,3)19(4)15(20)14-11-13(17)9-8-12(14)7-6-10-18/h8-9,11H,5,10,18H2,1-4H3. The summed E-state index contributed by atoms with van der Waals surface area (Å²) in [4.78, 5) is 14.2. The molecule has 1 aromatic rings. The molecule has 0 heterocycles. The fraction of sp³-hybridized carbons (Fsp3) is 0.438. The third-order valence-electron chi connectivity index (χ3n) is 3.61. The summed E-state index contributed by atoms with van der Waals surface area (Å²) in [5.74, 6) is 4.82. The molecule has 0 saturated carbocycles. The van der Waals surface area contributed by atoms with Gasteiger partial charge in [-0.1, -0.05) is 18.8 Å². The molecule has 0 atom stereocenters. The Morgan fingerprint density at radius 1 is 1.45 bits per heavy atom. The van der Waals surface area contributed by atoms with Gasteiger partial charge in [0.1, 0.15) is 5.82 Å². The van der Waals surface area contributed by atoms with Crippen LogP contribution in [0.3, 0.4) is 0 Å². The molecule has 0 saturated heterocycles. The van der Waals surface area contributed by atoms with Gasteiger partial charge in [-0.25, -0.2) is 4.39 Å². The lowest BCUT2D eigenvalue weighted by atomic mass is 9.97. The summed E-state index contributed by atoms with van der Waals surface area (Å²) in [5.41, 5.74) is 5.81. The maximum Gasteiger partial charge on any atom is 0.255 e. The van der Waals surface area contributed by atoms with Gasteiger partial charge in [0, 0.05) is 18.2 Å². The lowest BCUT2D eigenvalue weighted by molar-refractivity contribution is 0.0619. The molecule has 2 N–H and O–H groups in total. The quantitative estimate of drug-likeness (QED) is 0.862. The molecule has 3 nitrogen and oxygen atoms in total. The van der Waals surface area contributed by atoms with Crippen LogP contribution < -0.4 is 5.73 Å². The molecule has 1 rings (SSSR count). The van der Waals surface area contributed by atoms with Crippen molar-refractivity contribution >= 4 is 5.91 Å². The maximum absolute atomic E-state index is 13.4. The van der Waals surface area contributed by atoms with Crippen LogP contribution in [-0.4, -0.2) is 29.9 Å². The molecule has 0 aliphatic rings. The molecule has 0 unspecified atom stereocenters. The number of amides is 1. The Bertz CT molecular complexity index is 555. The second-order valence-electron chi connectivity index (χ2n) is 5.23. The van der Waals surface area contributed by atoms with Gasteiger partial charge in [-0.05, 0) is 38.5 Å². The Labute approximate surface area is 120 Å². The topological polar surface area (TPSA) is 46.3 Å². The fourth-order valence-corrected chi connectivity index (χ4v) is 1.64. The average molecular weight is 276 g/mol. The van der Waals surface area contributed by atoms with Crippen LogP contribution in [-0.2, 0) is 0 Å². The van der Waals surface area contributed by atoms with E-state index in [1.807, 2.05) is 20.8 Å². The molecule has 0 radical (unpaired) electrons. The number of carbonyl (C=O) groups excluding carboxylic acids is 1. The van der Waals surface area contributed by atoms with E-state index in [9.17, 15) is 9.18 Å². The number of hydrogen-bond donors (Lipinski definition) is 1. The summed E-state index contributed by atoms with van der Waals surface area (Å²) in [7, 11) is 1.72. The first-order valence-electron chi connectivity index (χ1n) is 6.60. The highest BCUT2D eigenvalue weighted by Crippen LogP contribution is 2.21. The highest BCUT2D eigenvalue weighted by atomic mass is 19.1. The van der Waals surface area contributed by atoms with Crippen LogP contribution in [0.1, 0.15) is 43.1 Å².